The third-order valence-electron chi connectivity index (χ3n) is 4.35. The highest BCUT2D eigenvalue weighted by Gasteiger charge is 2.26. The molecule has 1 amide bonds. The first-order chi connectivity index (χ1) is 10.7. The molecule has 3 rings (SSSR count). The first-order valence-electron chi connectivity index (χ1n) is 7.65. The van der Waals surface area contributed by atoms with E-state index in [1.165, 1.54) is 6.08 Å². The number of nitrogens with zero attached hydrogens (tertiary/aromatic N) is 3. The molecule has 116 valence electrons. The van der Waals surface area contributed by atoms with Gasteiger partial charge in [-0.25, -0.2) is 9.97 Å². The number of hydrogen-bond acceptors (Lipinski definition) is 4. The number of nitrogens with one attached hydrogen (secondary N) is 2. The van der Waals surface area contributed by atoms with Gasteiger partial charge in [-0.15, -0.1) is 0 Å². The number of aromatic nitrogens is 3. The van der Waals surface area contributed by atoms with Crippen molar-refractivity contribution in [2.45, 2.75) is 25.8 Å². The van der Waals surface area contributed by atoms with Crippen molar-refractivity contribution in [1.82, 2.24) is 19.9 Å². The Labute approximate surface area is 129 Å². The topological polar surface area (TPSA) is 73.9 Å². The summed E-state index contributed by atoms with van der Waals surface area (Å²) in [5.41, 5.74) is 0.817. The van der Waals surface area contributed by atoms with Crippen molar-refractivity contribution in [2.24, 2.45) is 5.92 Å². The summed E-state index contributed by atoms with van der Waals surface area (Å²) in [6.45, 7) is 7.27. The fourth-order valence-electron chi connectivity index (χ4n) is 2.99. The maximum Gasteiger partial charge on any atom is 0.246 e. The Kier molecular flexibility index (Phi) is 4.09. The van der Waals surface area contributed by atoms with E-state index < -0.39 is 0 Å². The van der Waals surface area contributed by atoms with Crippen molar-refractivity contribution >= 4 is 22.8 Å². The van der Waals surface area contributed by atoms with Gasteiger partial charge < -0.3 is 15.2 Å². The molecule has 0 bridgehead atoms. The van der Waals surface area contributed by atoms with E-state index in [0.29, 0.717) is 12.5 Å². The number of anilines is 1. The van der Waals surface area contributed by atoms with Crippen molar-refractivity contribution in [1.29, 1.82) is 0 Å². The maximum absolute atomic E-state index is 11.9. The smallest absolute Gasteiger partial charge is 0.246 e. The standard InChI is InChI=1S/C16H21N5O/c1-3-14(22)21-8-4-5-11(2)13(9-21)20-16-12-6-7-17-15(12)18-10-19-16/h3,6-7,10-11,13H,1,4-5,8-9H2,2H3,(H2,17,18,19,20)/t11-,13+/m0/s1. The van der Waals surface area contributed by atoms with Gasteiger partial charge in [0, 0.05) is 25.3 Å². The second kappa shape index (κ2) is 6.17. The molecule has 0 unspecified atom stereocenters. The number of carbonyl (C=O) groups is 1. The predicted octanol–water partition coefficient (Wildman–Crippen LogP) is 2.18. The minimum Gasteiger partial charge on any atom is -0.365 e. The Morgan fingerprint density at radius 3 is 3.23 bits per heavy atom. The number of hydrogen-bond donors (Lipinski definition) is 2. The highest BCUT2D eigenvalue weighted by atomic mass is 16.2. The van der Waals surface area contributed by atoms with Gasteiger partial charge in [0.05, 0.1) is 5.39 Å². The lowest BCUT2D eigenvalue weighted by Crippen LogP contribution is -2.41. The molecule has 2 aromatic rings. The lowest BCUT2D eigenvalue weighted by Gasteiger charge is -2.27. The molecule has 2 atom stereocenters. The van der Waals surface area contributed by atoms with E-state index in [-0.39, 0.29) is 11.9 Å². The van der Waals surface area contributed by atoms with Crippen LogP contribution in [-0.2, 0) is 4.79 Å². The van der Waals surface area contributed by atoms with Crippen LogP contribution < -0.4 is 5.32 Å². The normalized spacial score (nSPS) is 22.3. The van der Waals surface area contributed by atoms with Crippen LogP contribution in [0.25, 0.3) is 11.0 Å². The number of H-pyrrole nitrogens is 1. The monoisotopic (exact) mass is 299 g/mol. The molecule has 2 N–H and O–H groups in total. The molecule has 22 heavy (non-hydrogen) atoms. The minimum absolute atomic E-state index is 0.00428. The zero-order chi connectivity index (χ0) is 15.5. The summed E-state index contributed by atoms with van der Waals surface area (Å²) in [5, 5.41) is 4.48. The third kappa shape index (κ3) is 2.81. The third-order valence-corrected chi connectivity index (χ3v) is 4.35. The SMILES string of the molecule is C=CC(=O)N1CCC[C@H](C)[C@H](Nc2ncnc3[nH]ccc23)C1. The van der Waals surface area contributed by atoms with Crippen LogP contribution in [0.4, 0.5) is 5.82 Å². The molecule has 6 heteroatoms. The highest BCUT2D eigenvalue weighted by Crippen LogP contribution is 2.24. The van der Waals surface area contributed by atoms with Crippen LogP contribution in [0.1, 0.15) is 19.8 Å². The van der Waals surface area contributed by atoms with E-state index in [0.717, 1.165) is 36.2 Å². The molecular weight excluding hydrogens is 278 g/mol. The maximum atomic E-state index is 11.9. The first-order valence-corrected chi connectivity index (χ1v) is 7.65. The van der Waals surface area contributed by atoms with Crippen LogP contribution in [0.2, 0.25) is 0 Å². The van der Waals surface area contributed by atoms with Crippen molar-refractivity contribution in [3.63, 3.8) is 0 Å². The van der Waals surface area contributed by atoms with Gasteiger partial charge in [0.15, 0.2) is 0 Å². The molecule has 0 spiro atoms. The zero-order valence-electron chi connectivity index (χ0n) is 12.7. The summed E-state index contributed by atoms with van der Waals surface area (Å²) >= 11 is 0. The quantitative estimate of drug-likeness (QED) is 0.852. The average Bonchev–Trinajstić information content (AvgIpc) is 2.94. The summed E-state index contributed by atoms with van der Waals surface area (Å²) in [7, 11) is 0. The molecule has 1 aliphatic rings. The van der Waals surface area contributed by atoms with Crippen molar-refractivity contribution in [3.8, 4) is 0 Å². The predicted molar refractivity (Wildman–Crippen MR) is 86.5 cm³/mol. The molecule has 2 aromatic heterocycles. The number of aromatic amines is 1. The number of rotatable bonds is 3. The number of amides is 1. The van der Waals surface area contributed by atoms with Crippen molar-refractivity contribution in [2.75, 3.05) is 18.4 Å². The fraction of sp³-hybridized carbons (Fsp3) is 0.438. The van der Waals surface area contributed by atoms with Crippen molar-refractivity contribution in [3.05, 3.63) is 31.2 Å². The lowest BCUT2D eigenvalue weighted by atomic mass is 9.98. The summed E-state index contributed by atoms with van der Waals surface area (Å²) in [5.74, 6) is 1.28. The number of fused-ring (bicyclic) bond motifs is 1. The van der Waals surface area contributed by atoms with Gasteiger partial charge in [0.2, 0.25) is 5.91 Å². The van der Waals surface area contributed by atoms with E-state index in [2.05, 4.69) is 33.8 Å². The molecule has 0 saturated carbocycles. The number of carbonyl (C=O) groups excluding carboxylic acids is 1. The van der Waals surface area contributed by atoms with Crippen LogP contribution in [0, 0.1) is 5.92 Å². The Morgan fingerprint density at radius 1 is 1.55 bits per heavy atom. The van der Waals surface area contributed by atoms with E-state index >= 15 is 0 Å². The van der Waals surface area contributed by atoms with Gasteiger partial charge >= 0.3 is 0 Å². The van der Waals surface area contributed by atoms with Crippen LogP contribution in [-0.4, -0.2) is 44.9 Å². The molecule has 0 aromatic carbocycles. The lowest BCUT2D eigenvalue weighted by molar-refractivity contribution is -0.126. The summed E-state index contributed by atoms with van der Waals surface area (Å²) in [4.78, 5) is 25.5. The Balaban J connectivity index is 1.83. The van der Waals surface area contributed by atoms with E-state index in [1.54, 1.807) is 6.33 Å². The fourth-order valence-corrected chi connectivity index (χ4v) is 2.99. The molecule has 1 saturated heterocycles. The van der Waals surface area contributed by atoms with Gasteiger partial charge in [-0.05, 0) is 30.9 Å². The molecule has 6 nitrogen and oxygen atoms in total. The second-order valence-corrected chi connectivity index (χ2v) is 5.82. The average molecular weight is 299 g/mol. The van der Waals surface area contributed by atoms with Crippen LogP contribution >= 0.6 is 0 Å². The Bertz CT molecular complexity index is 680. The Morgan fingerprint density at radius 2 is 2.41 bits per heavy atom. The summed E-state index contributed by atoms with van der Waals surface area (Å²) < 4.78 is 0. The molecular formula is C16H21N5O. The van der Waals surface area contributed by atoms with Gasteiger partial charge in [-0.3, -0.25) is 4.79 Å². The van der Waals surface area contributed by atoms with E-state index in [9.17, 15) is 4.79 Å². The molecule has 3 heterocycles. The van der Waals surface area contributed by atoms with Crippen LogP contribution in [0.15, 0.2) is 31.2 Å². The molecule has 0 aliphatic carbocycles. The van der Waals surface area contributed by atoms with Gasteiger partial charge in [0.25, 0.3) is 0 Å². The van der Waals surface area contributed by atoms with Crippen LogP contribution in [0.5, 0.6) is 0 Å². The zero-order valence-corrected chi connectivity index (χ0v) is 12.7. The van der Waals surface area contributed by atoms with E-state index in [4.69, 9.17) is 0 Å². The van der Waals surface area contributed by atoms with Crippen molar-refractivity contribution < 1.29 is 4.79 Å². The summed E-state index contributed by atoms with van der Waals surface area (Å²) in [6, 6.07) is 2.13. The van der Waals surface area contributed by atoms with Gasteiger partial charge in [-0.1, -0.05) is 13.5 Å². The second-order valence-electron chi connectivity index (χ2n) is 5.82. The molecule has 1 aliphatic heterocycles. The molecule has 1 fully saturated rings. The first kappa shape index (κ1) is 14.6. The number of likely N-dealkylation sites (tertiary alicyclic amines) is 1. The van der Waals surface area contributed by atoms with Gasteiger partial charge in [-0.2, -0.15) is 0 Å². The largest absolute Gasteiger partial charge is 0.365 e. The Hall–Kier alpha value is -2.37. The van der Waals surface area contributed by atoms with Crippen LogP contribution in [0.3, 0.4) is 0 Å². The van der Waals surface area contributed by atoms with Gasteiger partial charge in [0.1, 0.15) is 17.8 Å². The molecule has 0 radical (unpaired) electrons. The minimum atomic E-state index is -0.00428. The summed E-state index contributed by atoms with van der Waals surface area (Å²) in [6.07, 6.45) is 6.90. The van der Waals surface area contributed by atoms with E-state index in [1.807, 2.05) is 17.2 Å². The highest BCUT2D eigenvalue weighted by molar-refractivity contribution is 5.88.